The second kappa shape index (κ2) is 5.83. The van der Waals surface area contributed by atoms with Crippen LogP contribution in [0.15, 0.2) is 45.1 Å². The highest BCUT2D eigenvalue weighted by Crippen LogP contribution is 2.27. The second-order valence-corrected chi connectivity index (χ2v) is 4.74. The van der Waals surface area contributed by atoms with Crippen LogP contribution in [-0.2, 0) is 5.75 Å². The topological polar surface area (TPSA) is 65.7 Å². The number of thioether (sulfide) groups is 1. The standard InChI is InChI=1S/C12H10F2N2O2S/c13-10(14)8-4-2-1-3-7(8)6-19-9-5-15-11(17)12(18)16-9/h1-5,10H,6H2,(H,15,17)(H,16,18). The van der Waals surface area contributed by atoms with Crippen molar-refractivity contribution in [2.75, 3.05) is 0 Å². The summed E-state index contributed by atoms with van der Waals surface area (Å²) in [5, 5.41) is 0.425. The number of benzene rings is 1. The van der Waals surface area contributed by atoms with Gasteiger partial charge in [0.15, 0.2) is 0 Å². The van der Waals surface area contributed by atoms with Gasteiger partial charge in [-0.1, -0.05) is 24.3 Å². The Hall–Kier alpha value is -1.89. The van der Waals surface area contributed by atoms with Gasteiger partial charge in [-0.3, -0.25) is 9.59 Å². The van der Waals surface area contributed by atoms with Crippen molar-refractivity contribution in [2.24, 2.45) is 0 Å². The van der Waals surface area contributed by atoms with Gasteiger partial charge in [0.2, 0.25) is 0 Å². The Morgan fingerprint density at radius 3 is 2.58 bits per heavy atom. The van der Waals surface area contributed by atoms with Gasteiger partial charge in [-0.2, -0.15) is 0 Å². The maximum Gasteiger partial charge on any atom is 0.314 e. The molecule has 1 aromatic heterocycles. The van der Waals surface area contributed by atoms with E-state index >= 15 is 0 Å². The van der Waals surface area contributed by atoms with Crippen molar-refractivity contribution in [1.29, 1.82) is 0 Å². The predicted molar refractivity (Wildman–Crippen MR) is 68.6 cm³/mol. The second-order valence-electron chi connectivity index (χ2n) is 3.72. The summed E-state index contributed by atoms with van der Waals surface area (Å²) in [6, 6.07) is 6.21. The van der Waals surface area contributed by atoms with Gasteiger partial charge in [-0.25, -0.2) is 8.78 Å². The Morgan fingerprint density at radius 2 is 1.89 bits per heavy atom. The van der Waals surface area contributed by atoms with Crippen molar-refractivity contribution in [3.63, 3.8) is 0 Å². The molecule has 0 saturated heterocycles. The van der Waals surface area contributed by atoms with Crippen LogP contribution in [0.1, 0.15) is 17.6 Å². The molecule has 19 heavy (non-hydrogen) atoms. The first-order valence-corrected chi connectivity index (χ1v) is 6.37. The molecule has 1 aromatic carbocycles. The first-order chi connectivity index (χ1) is 9.08. The monoisotopic (exact) mass is 284 g/mol. The van der Waals surface area contributed by atoms with Crippen molar-refractivity contribution in [3.05, 3.63) is 62.3 Å². The highest BCUT2D eigenvalue weighted by atomic mass is 32.2. The summed E-state index contributed by atoms with van der Waals surface area (Å²) in [4.78, 5) is 26.6. The number of nitrogens with one attached hydrogen (secondary N) is 2. The lowest BCUT2D eigenvalue weighted by Crippen LogP contribution is -2.28. The molecule has 2 aromatic rings. The third kappa shape index (κ3) is 3.31. The Balaban J connectivity index is 2.16. The number of hydrogen-bond donors (Lipinski definition) is 2. The molecule has 0 atom stereocenters. The number of hydrogen-bond acceptors (Lipinski definition) is 3. The van der Waals surface area contributed by atoms with Gasteiger partial charge in [-0.15, -0.1) is 11.8 Å². The molecule has 2 rings (SSSR count). The average Bonchev–Trinajstić information content (AvgIpc) is 2.40. The minimum atomic E-state index is -2.54. The molecular weight excluding hydrogens is 274 g/mol. The molecule has 0 saturated carbocycles. The lowest BCUT2D eigenvalue weighted by atomic mass is 10.1. The molecule has 2 N–H and O–H groups in total. The third-order valence-electron chi connectivity index (χ3n) is 2.45. The van der Waals surface area contributed by atoms with Crippen molar-refractivity contribution in [1.82, 2.24) is 9.97 Å². The van der Waals surface area contributed by atoms with Gasteiger partial charge in [0, 0.05) is 17.5 Å². The van der Waals surface area contributed by atoms with E-state index in [2.05, 4.69) is 9.97 Å². The maximum atomic E-state index is 12.8. The van der Waals surface area contributed by atoms with Crippen molar-refractivity contribution in [3.8, 4) is 0 Å². The molecule has 0 spiro atoms. The van der Waals surface area contributed by atoms with Gasteiger partial charge in [0.1, 0.15) is 0 Å². The summed E-state index contributed by atoms with van der Waals surface area (Å²) in [7, 11) is 0. The van der Waals surface area contributed by atoms with Gasteiger partial charge < -0.3 is 9.97 Å². The molecule has 0 aliphatic carbocycles. The van der Waals surface area contributed by atoms with E-state index in [1.165, 1.54) is 24.0 Å². The normalized spacial score (nSPS) is 10.9. The van der Waals surface area contributed by atoms with Crippen LogP contribution < -0.4 is 11.1 Å². The fourth-order valence-electron chi connectivity index (χ4n) is 1.51. The third-order valence-corrected chi connectivity index (χ3v) is 3.44. The summed E-state index contributed by atoms with van der Waals surface area (Å²) < 4.78 is 25.5. The van der Waals surface area contributed by atoms with Crippen molar-refractivity contribution >= 4 is 11.8 Å². The number of aromatic amines is 2. The smallest absolute Gasteiger partial charge is 0.314 e. The first kappa shape index (κ1) is 13.5. The molecule has 0 unspecified atom stereocenters. The minimum Gasteiger partial charge on any atom is -0.322 e. The zero-order valence-electron chi connectivity index (χ0n) is 9.65. The van der Waals surface area contributed by atoms with Crippen LogP contribution in [0.4, 0.5) is 8.78 Å². The summed E-state index contributed by atoms with van der Waals surface area (Å²) in [6.07, 6.45) is -1.19. The van der Waals surface area contributed by atoms with Crippen LogP contribution >= 0.6 is 11.8 Å². The Kier molecular flexibility index (Phi) is 4.16. The molecule has 0 fully saturated rings. The van der Waals surface area contributed by atoms with E-state index in [1.54, 1.807) is 18.2 Å². The Morgan fingerprint density at radius 1 is 1.16 bits per heavy atom. The Bertz CT molecular complexity index is 682. The zero-order valence-corrected chi connectivity index (χ0v) is 10.5. The molecule has 0 aliphatic rings. The highest BCUT2D eigenvalue weighted by molar-refractivity contribution is 7.98. The summed E-state index contributed by atoms with van der Waals surface area (Å²) in [5.41, 5.74) is -1.03. The van der Waals surface area contributed by atoms with Crippen LogP contribution in [0.3, 0.4) is 0 Å². The SMILES string of the molecule is O=c1[nH]cc(SCc2ccccc2C(F)F)[nH]c1=O. The van der Waals surface area contributed by atoms with Gasteiger partial charge >= 0.3 is 11.1 Å². The molecule has 0 radical (unpaired) electrons. The van der Waals surface area contributed by atoms with E-state index in [4.69, 9.17) is 0 Å². The van der Waals surface area contributed by atoms with E-state index in [0.29, 0.717) is 10.6 Å². The fraction of sp³-hybridized carbons (Fsp3) is 0.167. The van der Waals surface area contributed by atoms with E-state index < -0.39 is 17.5 Å². The van der Waals surface area contributed by atoms with E-state index in [9.17, 15) is 18.4 Å². The molecule has 100 valence electrons. The molecular formula is C12H10F2N2O2S. The van der Waals surface area contributed by atoms with Gasteiger partial charge in [0.25, 0.3) is 6.43 Å². The fourth-order valence-corrected chi connectivity index (χ4v) is 2.39. The summed E-state index contributed by atoms with van der Waals surface area (Å²) >= 11 is 1.17. The molecule has 1 heterocycles. The van der Waals surface area contributed by atoms with Crippen LogP contribution in [0.5, 0.6) is 0 Å². The molecule has 0 amide bonds. The lowest BCUT2D eigenvalue weighted by Gasteiger charge is -2.07. The zero-order chi connectivity index (χ0) is 13.8. The number of H-pyrrole nitrogens is 2. The van der Waals surface area contributed by atoms with Crippen molar-refractivity contribution in [2.45, 2.75) is 17.2 Å². The lowest BCUT2D eigenvalue weighted by molar-refractivity contribution is 0.150. The van der Waals surface area contributed by atoms with Crippen LogP contribution in [-0.4, -0.2) is 9.97 Å². The number of aromatic nitrogens is 2. The maximum absolute atomic E-state index is 12.8. The quantitative estimate of drug-likeness (QED) is 0.668. The Labute approximate surface area is 110 Å². The van der Waals surface area contributed by atoms with E-state index in [1.807, 2.05) is 0 Å². The summed E-state index contributed by atoms with van der Waals surface area (Å²) in [6.45, 7) is 0. The van der Waals surface area contributed by atoms with Crippen LogP contribution in [0, 0.1) is 0 Å². The number of alkyl halides is 2. The van der Waals surface area contributed by atoms with Crippen LogP contribution in [0.25, 0.3) is 0 Å². The predicted octanol–water partition coefficient (Wildman–Crippen LogP) is 2.29. The van der Waals surface area contributed by atoms with Crippen LogP contribution in [0.2, 0.25) is 0 Å². The molecule has 0 aliphatic heterocycles. The molecule has 7 heteroatoms. The largest absolute Gasteiger partial charge is 0.322 e. The first-order valence-electron chi connectivity index (χ1n) is 5.38. The van der Waals surface area contributed by atoms with E-state index in [-0.39, 0.29) is 11.3 Å². The number of halogens is 2. The van der Waals surface area contributed by atoms with Gasteiger partial charge in [0.05, 0.1) is 5.03 Å². The molecule has 4 nitrogen and oxygen atoms in total. The highest BCUT2D eigenvalue weighted by Gasteiger charge is 2.12. The summed E-state index contributed by atoms with van der Waals surface area (Å²) in [5.74, 6) is 0.280. The minimum absolute atomic E-state index is 0.0261. The van der Waals surface area contributed by atoms with Gasteiger partial charge in [-0.05, 0) is 5.56 Å². The van der Waals surface area contributed by atoms with E-state index in [0.717, 1.165) is 0 Å². The van der Waals surface area contributed by atoms with Crippen molar-refractivity contribution < 1.29 is 8.78 Å². The molecule has 0 bridgehead atoms. The number of rotatable bonds is 4. The average molecular weight is 284 g/mol.